The Balaban J connectivity index is 1.56. The van der Waals surface area contributed by atoms with E-state index in [0.717, 1.165) is 64.2 Å². The van der Waals surface area contributed by atoms with E-state index in [4.69, 9.17) is 9.47 Å². The summed E-state index contributed by atoms with van der Waals surface area (Å²) in [4.78, 5) is 24.8. The lowest BCUT2D eigenvalue weighted by atomic mass is 9.79. The van der Waals surface area contributed by atoms with E-state index < -0.39 is 0 Å². The summed E-state index contributed by atoms with van der Waals surface area (Å²) in [6.07, 6.45) is 10.0. The normalized spacial score (nSPS) is 24.1. The third kappa shape index (κ3) is 9.40. The minimum absolute atomic E-state index is 0.0376. The molecule has 8 heteroatoms. The van der Waals surface area contributed by atoms with Crippen LogP contribution in [0.25, 0.3) is 0 Å². The maximum absolute atomic E-state index is 12.4. The van der Waals surface area contributed by atoms with Crippen LogP contribution < -0.4 is 5.43 Å². The largest absolute Gasteiger partial charge is 0.462 e. The number of carbonyl (C=O) groups excluding carboxylic acids is 2. The van der Waals surface area contributed by atoms with E-state index in [9.17, 15) is 9.59 Å². The van der Waals surface area contributed by atoms with Crippen LogP contribution in [0.15, 0.2) is 0 Å². The fourth-order valence-corrected chi connectivity index (χ4v) is 7.04. The quantitative estimate of drug-likeness (QED) is 0.173. The Morgan fingerprint density at radius 3 is 1.35 bits per heavy atom. The molecule has 7 nitrogen and oxygen atoms in total. The molecule has 0 aromatic rings. The van der Waals surface area contributed by atoms with Gasteiger partial charge in [-0.25, -0.2) is 9.31 Å². The van der Waals surface area contributed by atoms with Crippen molar-refractivity contribution in [3.05, 3.63) is 0 Å². The summed E-state index contributed by atoms with van der Waals surface area (Å²) in [5.41, 5.74) is 2.94. The highest BCUT2D eigenvalue weighted by Gasteiger charge is 2.47. The summed E-state index contributed by atoms with van der Waals surface area (Å²) < 4.78 is 13.8. The summed E-state index contributed by atoms with van der Waals surface area (Å²) in [6.45, 7) is 17.4. The molecule has 0 atom stereocenters. The van der Waals surface area contributed by atoms with Gasteiger partial charge in [0.2, 0.25) is 0 Å². The van der Waals surface area contributed by atoms with Crippen LogP contribution in [-0.2, 0) is 19.1 Å². The van der Waals surface area contributed by atoms with Crippen LogP contribution in [0.4, 0.5) is 0 Å². The lowest BCUT2D eigenvalue weighted by Crippen LogP contribution is -2.66. The maximum Gasteiger partial charge on any atom is 0.306 e. The van der Waals surface area contributed by atoms with Gasteiger partial charge in [-0.15, -0.1) is 0 Å². The Kier molecular flexibility index (Phi) is 11.4. The van der Waals surface area contributed by atoms with Gasteiger partial charge in [0.1, 0.15) is 12.2 Å². The lowest BCUT2D eigenvalue weighted by Gasteiger charge is -2.54. The number of esters is 2. The summed E-state index contributed by atoms with van der Waals surface area (Å²) >= 11 is 4.68. The van der Waals surface area contributed by atoms with Crippen molar-refractivity contribution in [2.24, 2.45) is 0 Å². The zero-order valence-electron chi connectivity index (χ0n) is 25.1. The van der Waals surface area contributed by atoms with Gasteiger partial charge in [-0.1, -0.05) is 38.5 Å². The topological polar surface area (TPSA) is 71.1 Å². The third-order valence-electron chi connectivity index (χ3n) is 8.10. The molecule has 2 aliphatic rings. The van der Waals surface area contributed by atoms with Gasteiger partial charge in [-0.3, -0.25) is 15.0 Å². The monoisotopic (exact) mass is 541 g/mol. The number of carbonyl (C=O) groups is 2. The number of piperidine rings is 2. The molecular weight excluding hydrogens is 486 g/mol. The second-order valence-electron chi connectivity index (χ2n) is 13.8. The smallest absolute Gasteiger partial charge is 0.306 e. The average Bonchev–Trinajstić information content (AvgIpc) is 2.71. The summed E-state index contributed by atoms with van der Waals surface area (Å²) in [6, 6.07) is 0. The molecule has 2 rings (SSSR count). The number of hydrazine groups is 1. The van der Waals surface area contributed by atoms with Crippen LogP contribution >= 0.6 is 12.8 Å². The highest BCUT2D eigenvalue weighted by Crippen LogP contribution is 2.41. The Hall–Kier alpha value is -0.830. The number of hydrogen-bond donors (Lipinski definition) is 2. The highest BCUT2D eigenvalue weighted by molar-refractivity contribution is 7.77. The van der Waals surface area contributed by atoms with Gasteiger partial charge in [-0.2, -0.15) is 0 Å². The highest BCUT2D eigenvalue weighted by atomic mass is 32.1. The molecule has 216 valence electrons. The van der Waals surface area contributed by atoms with E-state index >= 15 is 0 Å². The van der Waals surface area contributed by atoms with E-state index in [0.29, 0.717) is 12.8 Å². The maximum atomic E-state index is 12.4. The van der Waals surface area contributed by atoms with E-state index in [-0.39, 0.29) is 46.3 Å². The molecule has 0 aliphatic carbocycles. The average molecular weight is 542 g/mol. The summed E-state index contributed by atoms with van der Waals surface area (Å²) in [7, 11) is 1.96. The number of unbranched alkanes of at least 4 members (excludes halogenated alkanes) is 5. The molecule has 0 unspecified atom stereocenters. The first-order chi connectivity index (χ1) is 17.0. The standard InChI is InChI=1S/C29H55N3O4S/c1-26(2)18-22(19-27(3,4)31(26)30-9)35-24(33)16-14-12-10-11-13-15-17-25(34)36-23-20-28(5,6)32(37)29(7,8)21-23/h22-23,30,37H,10-21H2,1-9H3. The molecule has 1 N–H and O–H groups in total. The van der Waals surface area contributed by atoms with Crippen molar-refractivity contribution in [2.75, 3.05) is 7.05 Å². The van der Waals surface area contributed by atoms with Crippen molar-refractivity contribution < 1.29 is 19.1 Å². The van der Waals surface area contributed by atoms with Crippen LogP contribution in [0.3, 0.4) is 0 Å². The summed E-state index contributed by atoms with van der Waals surface area (Å²) in [5, 5.41) is 2.28. The molecule has 2 saturated heterocycles. The van der Waals surface area contributed by atoms with Crippen molar-refractivity contribution in [1.82, 2.24) is 14.7 Å². The van der Waals surface area contributed by atoms with Gasteiger partial charge in [0.05, 0.1) is 0 Å². The predicted molar refractivity (Wildman–Crippen MR) is 153 cm³/mol. The van der Waals surface area contributed by atoms with Gasteiger partial charge in [0.15, 0.2) is 0 Å². The van der Waals surface area contributed by atoms with Crippen LogP contribution in [0.2, 0.25) is 0 Å². The third-order valence-corrected chi connectivity index (χ3v) is 9.18. The Bertz CT molecular complexity index is 732. The van der Waals surface area contributed by atoms with Crippen molar-refractivity contribution in [2.45, 2.75) is 167 Å². The van der Waals surface area contributed by atoms with Crippen LogP contribution in [0.1, 0.15) is 132 Å². The summed E-state index contributed by atoms with van der Waals surface area (Å²) in [5.74, 6) is -0.161. The predicted octanol–water partition coefficient (Wildman–Crippen LogP) is 6.22. The minimum atomic E-state index is -0.112. The molecule has 0 bridgehead atoms. The van der Waals surface area contributed by atoms with E-state index in [2.05, 4.69) is 82.9 Å². The first kappa shape index (κ1) is 32.4. The van der Waals surface area contributed by atoms with Crippen molar-refractivity contribution >= 4 is 24.8 Å². The molecule has 37 heavy (non-hydrogen) atoms. The van der Waals surface area contributed by atoms with E-state index in [1.54, 1.807) is 0 Å². The Morgan fingerprint density at radius 1 is 0.676 bits per heavy atom. The van der Waals surface area contributed by atoms with Crippen molar-refractivity contribution in [3.8, 4) is 0 Å². The van der Waals surface area contributed by atoms with Gasteiger partial charge >= 0.3 is 11.9 Å². The zero-order valence-corrected chi connectivity index (χ0v) is 26.0. The number of hydrogen-bond acceptors (Lipinski definition) is 8. The second kappa shape index (κ2) is 13.0. The zero-order chi connectivity index (χ0) is 28.1. The lowest BCUT2D eigenvalue weighted by molar-refractivity contribution is -0.164. The van der Waals surface area contributed by atoms with E-state index in [1.165, 1.54) is 0 Å². The molecule has 2 fully saturated rings. The Labute approximate surface area is 232 Å². The molecule has 2 heterocycles. The first-order valence-corrected chi connectivity index (χ1v) is 14.8. The van der Waals surface area contributed by atoms with Crippen LogP contribution in [0, 0.1) is 0 Å². The molecule has 0 saturated carbocycles. The Morgan fingerprint density at radius 2 is 1.00 bits per heavy atom. The number of ether oxygens (including phenoxy) is 2. The number of nitrogens with one attached hydrogen (secondary N) is 1. The van der Waals surface area contributed by atoms with Gasteiger partial charge in [-0.05, 0) is 75.3 Å². The molecule has 0 spiro atoms. The second-order valence-corrected chi connectivity index (χ2v) is 14.2. The number of nitrogens with zero attached hydrogens (tertiary/aromatic N) is 2. The number of rotatable bonds is 12. The van der Waals surface area contributed by atoms with Crippen LogP contribution in [-0.4, -0.2) is 62.7 Å². The SMILES string of the molecule is CNN1C(C)(C)CC(OC(=O)CCCCCCCCC(=O)OC2CC(C)(C)N(S)C(C)(C)C2)CC1(C)C. The molecule has 0 aromatic heterocycles. The minimum Gasteiger partial charge on any atom is -0.462 e. The molecule has 0 aromatic carbocycles. The molecule has 0 radical (unpaired) electrons. The fourth-order valence-electron chi connectivity index (χ4n) is 6.87. The van der Waals surface area contributed by atoms with Crippen molar-refractivity contribution in [1.29, 1.82) is 0 Å². The van der Waals surface area contributed by atoms with Gasteiger partial charge in [0, 0.05) is 60.7 Å². The molecule has 2 aliphatic heterocycles. The van der Waals surface area contributed by atoms with Gasteiger partial charge in [0.25, 0.3) is 0 Å². The van der Waals surface area contributed by atoms with E-state index in [1.807, 2.05) is 7.05 Å². The fraction of sp³-hybridized carbons (Fsp3) is 0.931. The number of thiol groups is 1. The van der Waals surface area contributed by atoms with Gasteiger partial charge < -0.3 is 9.47 Å². The van der Waals surface area contributed by atoms with Crippen molar-refractivity contribution in [3.63, 3.8) is 0 Å². The molecular formula is C29H55N3O4S. The first-order valence-electron chi connectivity index (χ1n) is 14.4. The van der Waals surface area contributed by atoms with Crippen LogP contribution in [0.5, 0.6) is 0 Å². The molecule has 0 amide bonds.